The number of methoxy groups -OCH3 is 2. The van der Waals surface area contributed by atoms with Crippen LogP contribution in [-0.4, -0.2) is 31.2 Å². The third-order valence-electron chi connectivity index (χ3n) is 3.74. The van der Waals surface area contributed by atoms with Gasteiger partial charge in [0, 0.05) is 18.2 Å². The van der Waals surface area contributed by atoms with Gasteiger partial charge in [0.1, 0.15) is 17.2 Å². The summed E-state index contributed by atoms with van der Waals surface area (Å²) in [6.45, 7) is 3.97. The number of hydrogen-bond donors (Lipinski definition) is 2. The molecule has 1 atom stereocenters. The second-order valence-electron chi connectivity index (χ2n) is 5.53. The maximum atomic E-state index is 12.1. The molecule has 0 aliphatic carbocycles. The molecular weight excluding hydrogens is 342 g/mol. The van der Waals surface area contributed by atoms with Gasteiger partial charge < -0.3 is 20.1 Å². The number of benzene rings is 1. The van der Waals surface area contributed by atoms with Crippen LogP contribution >= 0.6 is 11.6 Å². The van der Waals surface area contributed by atoms with E-state index >= 15 is 0 Å². The zero-order valence-electron chi connectivity index (χ0n) is 14.7. The lowest BCUT2D eigenvalue weighted by atomic mass is 10.2. The van der Waals surface area contributed by atoms with E-state index in [0.717, 1.165) is 6.42 Å². The Bertz CT molecular complexity index is 735. The van der Waals surface area contributed by atoms with Gasteiger partial charge in [-0.3, -0.25) is 4.79 Å². The number of pyridine rings is 1. The first kappa shape index (κ1) is 18.9. The van der Waals surface area contributed by atoms with Gasteiger partial charge >= 0.3 is 0 Å². The van der Waals surface area contributed by atoms with Crippen LogP contribution in [0, 0.1) is 0 Å². The SMILES string of the molecule is CCC(C)NC(=O)c1ccc(Nc2cc(OC)c(Cl)cc2OC)cn1. The number of aromatic nitrogens is 1. The fraction of sp³-hybridized carbons (Fsp3) is 0.333. The van der Waals surface area contributed by atoms with Gasteiger partial charge in [-0.05, 0) is 25.5 Å². The topological polar surface area (TPSA) is 72.5 Å². The molecule has 2 rings (SSSR count). The van der Waals surface area contributed by atoms with Gasteiger partial charge in [0.2, 0.25) is 0 Å². The Morgan fingerprint density at radius 2 is 1.96 bits per heavy atom. The van der Waals surface area contributed by atoms with Gasteiger partial charge in [0.25, 0.3) is 5.91 Å². The number of nitrogens with one attached hydrogen (secondary N) is 2. The monoisotopic (exact) mass is 363 g/mol. The Balaban J connectivity index is 2.17. The molecule has 0 aliphatic rings. The summed E-state index contributed by atoms with van der Waals surface area (Å²) in [4.78, 5) is 16.3. The summed E-state index contributed by atoms with van der Waals surface area (Å²) in [7, 11) is 3.10. The summed E-state index contributed by atoms with van der Waals surface area (Å²) in [6.07, 6.45) is 2.45. The molecule has 2 aromatic rings. The number of carbonyl (C=O) groups excluding carboxylic acids is 1. The zero-order chi connectivity index (χ0) is 18.4. The number of rotatable bonds is 7. The van der Waals surface area contributed by atoms with Crippen LogP contribution in [-0.2, 0) is 0 Å². The van der Waals surface area contributed by atoms with Gasteiger partial charge in [0.05, 0.1) is 36.8 Å². The van der Waals surface area contributed by atoms with Crippen LogP contribution in [0.15, 0.2) is 30.5 Å². The molecule has 2 N–H and O–H groups in total. The fourth-order valence-corrected chi connectivity index (χ4v) is 2.35. The second-order valence-corrected chi connectivity index (χ2v) is 5.93. The van der Waals surface area contributed by atoms with Crippen molar-refractivity contribution in [3.63, 3.8) is 0 Å². The third-order valence-corrected chi connectivity index (χ3v) is 4.03. The van der Waals surface area contributed by atoms with Crippen LogP contribution in [0.3, 0.4) is 0 Å². The van der Waals surface area contributed by atoms with Gasteiger partial charge in [-0.2, -0.15) is 0 Å². The predicted octanol–water partition coefficient (Wildman–Crippen LogP) is 4.02. The molecular formula is C18H22ClN3O3. The summed E-state index contributed by atoms with van der Waals surface area (Å²) >= 11 is 6.10. The fourth-order valence-electron chi connectivity index (χ4n) is 2.12. The van der Waals surface area contributed by atoms with Crippen LogP contribution in [0.25, 0.3) is 0 Å². The minimum atomic E-state index is -0.188. The van der Waals surface area contributed by atoms with E-state index < -0.39 is 0 Å². The van der Waals surface area contributed by atoms with E-state index in [0.29, 0.717) is 33.6 Å². The van der Waals surface area contributed by atoms with Gasteiger partial charge in [-0.25, -0.2) is 4.98 Å². The van der Waals surface area contributed by atoms with Crippen molar-refractivity contribution in [2.45, 2.75) is 26.3 Å². The molecule has 1 aromatic heterocycles. The summed E-state index contributed by atoms with van der Waals surface area (Å²) < 4.78 is 10.6. The molecule has 0 spiro atoms. The number of amides is 1. The highest BCUT2D eigenvalue weighted by Crippen LogP contribution is 2.37. The van der Waals surface area contributed by atoms with Crippen LogP contribution in [0.4, 0.5) is 11.4 Å². The van der Waals surface area contributed by atoms with Crippen molar-refractivity contribution in [1.82, 2.24) is 10.3 Å². The number of halogens is 1. The molecule has 6 nitrogen and oxygen atoms in total. The van der Waals surface area contributed by atoms with Gasteiger partial charge in [0.15, 0.2) is 0 Å². The van der Waals surface area contributed by atoms with Crippen molar-refractivity contribution in [2.24, 2.45) is 0 Å². The summed E-state index contributed by atoms with van der Waals surface area (Å²) in [5.41, 5.74) is 1.76. The molecule has 1 aromatic carbocycles. The molecule has 7 heteroatoms. The zero-order valence-corrected chi connectivity index (χ0v) is 15.5. The molecule has 0 aliphatic heterocycles. The third kappa shape index (κ3) is 4.76. The molecule has 134 valence electrons. The minimum Gasteiger partial charge on any atom is -0.495 e. The molecule has 0 bridgehead atoms. The summed E-state index contributed by atoms with van der Waals surface area (Å²) in [5.74, 6) is 0.915. The molecule has 1 amide bonds. The van der Waals surface area contributed by atoms with Gasteiger partial charge in [-0.1, -0.05) is 18.5 Å². The van der Waals surface area contributed by atoms with E-state index in [1.807, 2.05) is 13.8 Å². The first-order valence-corrected chi connectivity index (χ1v) is 8.31. The quantitative estimate of drug-likeness (QED) is 0.777. The van der Waals surface area contributed by atoms with Crippen molar-refractivity contribution < 1.29 is 14.3 Å². The molecule has 0 saturated carbocycles. The lowest BCUT2D eigenvalue weighted by Crippen LogP contribution is -2.32. The average Bonchev–Trinajstić information content (AvgIpc) is 2.63. The number of nitrogens with zero attached hydrogens (tertiary/aromatic N) is 1. The van der Waals surface area contributed by atoms with Crippen molar-refractivity contribution in [2.75, 3.05) is 19.5 Å². The lowest BCUT2D eigenvalue weighted by Gasteiger charge is -2.14. The molecule has 0 radical (unpaired) electrons. The number of hydrogen-bond acceptors (Lipinski definition) is 5. The Labute approximate surface area is 152 Å². The first-order valence-electron chi connectivity index (χ1n) is 7.94. The first-order chi connectivity index (χ1) is 12.0. The van der Waals surface area contributed by atoms with E-state index in [1.165, 1.54) is 0 Å². The molecule has 0 fully saturated rings. The molecule has 25 heavy (non-hydrogen) atoms. The Hall–Kier alpha value is -2.47. The second kappa shape index (κ2) is 8.58. The van der Waals surface area contributed by atoms with Crippen LogP contribution in [0.2, 0.25) is 5.02 Å². The largest absolute Gasteiger partial charge is 0.495 e. The molecule has 1 heterocycles. The van der Waals surface area contributed by atoms with Crippen LogP contribution in [0.5, 0.6) is 11.5 Å². The summed E-state index contributed by atoms with van der Waals surface area (Å²) in [6, 6.07) is 6.96. The highest BCUT2D eigenvalue weighted by molar-refractivity contribution is 6.32. The number of ether oxygens (including phenoxy) is 2. The predicted molar refractivity (Wildman–Crippen MR) is 99.3 cm³/mol. The van der Waals surface area contributed by atoms with Crippen LogP contribution in [0.1, 0.15) is 30.8 Å². The Kier molecular flexibility index (Phi) is 6.47. The van der Waals surface area contributed by atoms with Crippen molar-refractivity contribution >= 4 is 28.9 Å². The maximum absolute atomic E-state index is 12.1. The Morgan fingerprint density at radius 1 is 1.24 bits per heavy atom. The smallest absolute Gasteiger partial charge is 0.270 e. The van der Waals surface area contributed by atoms with E-state index in [1.54, 1.807) is 44.7 Å². The van der Waals surface area contributed by atoms with E-state index in [2.05, 4.69) is 15.6 Å². The average molecular weight is 364 g/mol. The highest BCUT2D eigenvalue weighted by atomic mass is 35.5. The molecule has 0 saturated heterocycles. The van der Waals surface area contributed by atoms with Crippen LogP contribution < -0.4 is 20.1 Å². The van der Waals surface area contributed by atoms with E-state index in [4.69, 9.17) is 21.1 Å². The van der Waals surface area contributed by atoms with Crippen molar-refractivity contribution in [3.8, 4) is 11.5 Å². The highest BCUT2D eigenvalue weighted by Gasteiger charge is 2.12. The van der Waals surface area contributed by atoms with E-state index in [9.17, 15) is 4.79 Å². The standard InChI is InChI=1S/C18H22ClN3O3/c1-5-11(2)21-18(23)14-7-6-12(10-20-14)22-15-9-16(24-3)13(19)8-17(15)25-4/h6-11,22H,5H2,1-4H3,(H,21,23). The number of anilines is 2. The molecule has 1 unspecified atom stereocenters. The normalized spacial score (nSPS) is 11.6. The Morgan fingerprint density at radius 3 is 2.52 bits per heavy atom. The van der Waals surface area contributed by atoms with E-state index in [-0.39, 0.29) is 11.9 Å². The maximum Gasteiger partial charge on any atom is 0.270 e. The van der Waals surface area contributed by atoms with Gasteiger partial charge in [-0.15, -0.1) is 0 Å². The lowest BCUT2D eigenvalue weighted by molar-refractivity contribution is 0.0934. The minimum absolute atomic E-state index is 0.109. The van der Waals surface area contributed by atoms with Crippen molar-refractivity contribution in [3.05, 3.63) is 41.2 Å². The van der Waals surface area contributed by atoms with Crippen molar-refractivity contribution in [1.29, 1.82) is 0 Å². The number of carbonyl (C=O) groups is 1. The summed E-state index contributed by atoms with van der Waals surface area (Å²) in [5, 5.41) is 6.53.